The number of thiazole rings is 1. The highest BCUT2D eigenvalue weighted by Crippen LogP contribution is 2.24. The summed E-state index contributed by atoms with van der Waals surface area (Å²) in [6.07, 6.45) is 0.0569. The maximum Gasteiger partial charge on any atom is 0.320 e. The summed E-state index contributed by atoms with van der Waals surface area (Å²) in [5, 5.41) is 9.61. The SMILES string of the molecule is COC(=O)C(Cc1nc2ccccc2s1)C(=O)O. The quantitative estimate of drug-likeness (QED) is 0.672. The molecule has 0 fully saturated rings. The van der Waals surface area contributed by atoms with E-state index in [9.17, 15) is 9.59 Å². The fraction of sp³-hybridized carbons (Fsp3) is 0.250. The average molecular weight is 265 g/mol. The molecule has 6 heteroatoms. The van der Waals surface area contributed by atoms with Gasteiger partial charge < -0.3 is 9.84 Å². The van der Waals surface area contributed by atoms with Crippen LogP contribution in [-0.2, 0) is 20.7 Å². The van der Waals surface area contributed by atoms with Gasteiger partial charge in [0.2, 0.25) is 0 Å². The molecule has 1 N–H and O–H groups in total. The first-order chi connectivity index (χ1) is 8.61. The molecule has 2 rings (SSSR count). The van der Waals surface area contributed by atoms with E-state index in [0.29, 0.717) is 5.01 Å². The number of benzene rings is 1. The van der Waals surface area contributed by atoms with Gasteiger partial charge in [0.25, 0.3) is 0 Å². The predicted octanol–water partition coefficient (Wildman–Crippen LogP) is 1.71. The molecule has 18 heavy (non-hydrogen) atoms. The van der Waals surface area contributed by atoms with Gasteiger partial charge in [0.05, 0.1) is 22.3 Å². The van der Waals surface area contributed by atoms with Crippen LogP contribution in [0.15, 0.2) is 24.3 Å². The Balaban J connectivity index is 2.26. The van der Waals surface area contributed by atoms with Gasteiger partial charge in [-0.25, -0.2) is 4.98 Å². The number of rotatable bonds is 4. The first-order valence-electron chi connectivity index (χ1n) is 5.27. The standard InChI is InChI=1S/C12H11NO4S/c1-17-12(16)7(11(14)15)6-10-13-8-4-2-3-5-9(8)18-10/h2-5,7H,6H2,1H3,(H,14,15). The third kappa shape index (κ3) is 2.48. The van der Waals surface area contributed by atoms with Gasteiger partial charge in [-0.2, -0.15) is 0 Å². The van der Waals surface area contributed by atoms with E-state index in [2.05, 4.69) is 9.72 Å². The summed E-state index contributed by atoms with van der Waals surface area (Å²) in [5.74, 6) is -3.14. The average Bonchev–Trinajstić information content (AvgIpc) is 2.77. The van der Waals surface area contributed by atoms with Gasteiger partial charge in [-0.05, 0) is 12.1 Å². The summed E-state index contributed by atoms with van der Waals surface area (Å²) in [5.41, 5.74) is 0.812. The normalized spacial score (nSPS) is 12.3. The first-order valence-corrected chi connectivity index (χ1v) is 6.08. The second-order valence-corrected chi connectivity index (χ2v) is 4.81. The predicted molar refractivity (Wildman–Crippen MR) is 66.5 cm³/mol. The number of para-hydroxylation sites is 1. The minimum Gasteiger partial charge on any atom is -0.481 e. The lowest BCUT2D eigenvalue weighted by Crippen LogP contribution is -2.27. The third-order valence-corrected chi connectivity index (χ3v) is 3.56. The number of carbonyl (C=O) groups is 2. The van der Waals surface area contributed by atoms with Crippen LogP contribution in [-0.4, -0.2) is 29.1 Å². The van der Waals surface area contributed by atoms with Crippen LogP contribution in [0, 0.1) is 5.92 Å². The summed E-state index contributed by atoms with van der Waals surface area (Å²) in [6.45, 7) is 0. The van der Waals surface area contributed by atoms with Crippen molar-refractivity contribution in [2.24, 2.45) is 5.92 Å². The van der Waals surface area contributed by atoms with E-state index in [-0.39, 0.29) is 6.42 Å². The van der Waals surface area contributed by atoms with Crippen LogP contribution in [0.1, 0.15) is 5.01 Å². The zero-order valence-corrected chi connectivity index (χ0v) is 10.4. The van der Waals surface area contributed by atoms with Crippen molar-refractivity contribution in [1.82, 2.24) is 4.98 Å². The van der Waals surface area contributed by atoms with Crippen molar-refractivity contribution in [2.75, 3.05) is 7.11 Å². The van der Waals surface area contributed by atoms with Crippen molar-refractivity contribution < 1.29 is 19.4 Å². The summed E-state index contributed by atoms with van der Waals surface area (Å²) in [7, 11) is 1.18. The van der Waals surface area contributed by atoms with Crippen molar-refractivity contribution in [3.63, 3.8) is 0 Å². The number of methoxy groups -OCH3 is 1. The fourth-order valence-electron chi connectivity index (χ4n) is 1.60. The van der Waals surface area contributed by atoms with Crippen molar-refractivity contribution in [3.05, 3.63) is 29.3 Å². The highest BCUT2D eigenvalue weighted by atomic mass is 32.1. The van der Waals surface area contributed by atoms with E-state index in [0.717, 1.165) is 10.2 Å². The van der Waals surface area contributed by atoms with Crippen LogP contribution in [0.3, 0.4) is 0 Å². The molecule has 1 atom stereocenters. The molecule has 1 heterocycles. The molecule has 2 aromatic rings. The molecule has 0 amide bonds. The van der Waals surface area contributed by atoms with E-state index in [1.807, 2.05) is 24.3 Å². The smallest absolute Gasteiger partial charge is 0.320 e. The number of nitrogens with zero attached hydrogens (tertiary/aromatic N) is 1. The summed E-state index contributed by atoms with van der Waals surface area (Å²) < 4.78 is 5.45. The van der Waals surface area contributed by atoms with Crippen LogP contribution in [0.25, 0.3) is 10.2 Å². The first kappa shape index (κ1) is 12.5. The number of ether oxygens (including phenoxy) is 1. The fourth-order valence-corrected chi connectivity index (χ4v) is 2.61. The molecule has 1 aromatic heterocycles. The van der Waals surface area contributed by atoms with Gasteiger partial charge in [-0.15, -0.1) is 11.3 Å². The Labute approximate surface area is 107 Å². The molecule has 0 radical (unpaired) electrons. The molecule has 5 nitrogen and oxygen atoms in total. The Morgan fingerprint density at radius 2 is 2.17 bits per heavy atom. The topological polar surface area (TPSA) is 76.5 Å². The molecule has 0 spiro atoms. The molecule has 94 valence electrons. The number of hydrogen-bond acceptors (Lipinski definition) is 5. The molecular formula is C12H11NO4S. The second kappa shape index (κ2) is 5.14. The van der Waals surface area contributed by atoms with Crippen LogP contribution in [0.4, 0.5) is 0 Å². The van der Waals surface area contributed by atoms with Crippen molar-refractivity contribution in [3.8, 4) is 0 Å². The largest absolute Gasteiger partial charge is 0.481 e. The number of hydrogen-bond donors (Lipinski definition) is 1. The highest BCUT2D eigenvalue weighted by molar-refractivity contribution is 7.18. The van der Waals surface area contributed by atoms with E-state index in [1.54, 1.807) is 0 Å². The van der Waals surface area contributed by atoms with Crippen LogP contribution in [0.5, 0.6) is 0 Å². The van der Waals surface area contributed by atoms with Crippen LogP contribution < -0.4 is 0 Å². The highest BCUT2D eigenvalue weighted by Gasteiger charge is 2.28. The number of esters is 1. The van der Waals surface area contributed by atoms with E-state index in [1.165, 1.54) is 18.4 Å². The van der Waals surface area contributed by atoms with Gasteiger partial charge in [-0.1, -0.05) is 12.1 Å². The van der Waals surface area contributed by atoms with Gasteiger partial charge in [0.15, 0.2) is 5.92 Å². The minimum absolute atomic E-state index is 0.0569. The Bertz CT molecular complexity index is 560. The number of carboxylic acids is 1. The number of fused-ring (bicyclic) bond motifs is 1. The zero-order chi connectivity index (χ0) is 13.1. The van der Waals surface area contributed by atoms with E-state index < -0.39 is 17.9 Å². The summed E-state index contributed by atoms with van der Waals surface area (Å²) in [4.78, 5) is 26.6. The van der Waals surface area contributed by atoms with Gasteiger partial charge in [-0.3, -0.25) is 9.59 Å². The Hall–Kier alpha value is -1.95. The molecule has 1 unspecified atom stereocenters. The Morgan fingerprint density at radius 3 is 2.78 bits per heavy atom. The number of carbonyl (C=O) groups excluding carboxylic acids is 1. The Kier molecular flexibility index (Phi) is 3.57. The van der Waals surface area contributed by atoms with Crippen LogP contribution >= 0.6 is 11.3 Å². The molecule has 0 aliphatic carbocycles. The number of aliphatic carboxylic acids is 1. The van der Waals surface area contributed by atoms with Crippen molar-refractivity contribution >= 4 is 33.5 Å². The van der Waals surface area contributed by atoms with E-state index in [4.69, 9.17) is 5.11 Å². The second-order valence-electron chi connectivity index (χ2n) is 3.69. The molecule has 0 aliphatic rings. The van der Waals surface area contributed by atoms with Gasteiger partial charge >= 0.3 is 11.9 Å². The van der Waals surface area contributed by atoms with Gasteiger partial charge in [0.1, 0.15) is 0 Å². The van der Waals surface area contributed by atoms with Gasteiger partial charge in [0, 0.05) is 6.42 Å². The number of aromatic nitrogens is 1. The lowest BCUT2D eigenvalue weighted by atomic mass is 10.1. The lowest BCUT2D eigenvalue weighted by molar-refractivity contribution is -0.156. The molecule has 0 saturated heterocycles. The molecular weight excluding hydrogens is 254 g/mol. The number of carboxylic acid groups (broad SMARTS) is 1. The van der Waals surface area contributed by atoms with Crippen molar-refractivity contribution in [2.45, 2.75) is 6.42 Å². The molecule has 0 saturated carbocycles. The lowest BCUT2D eigenvalue weighted by Gasteiger charge is -2.07. The summed E-state index contributed by atoms with van der Waals surface area (Å²) >= 11 is 1.39. The van der Waals surface area contributed by atoms with Crippen LogP contribution in [0.2, 0.25) is 0 Å². The minimum atomic E-state index is -1.20. The summed E-state index contributed by atoms with van der Waals surface area (Å²) in [6, 6.07) is 7.51. The molecule has 1 aromatic carbocycles. The monoisotopic (exact) mass is 265 g/mol. The zero-order valence-electron chi connectivity index (χ0n) is 9.62. The van der Waals surface area contributed by atoms with E-state index >= 15 is 0 Å². The molecule has 0 aliphatic heterocycles. The maximum atomic E-state index is 11.3. The van der Waals surface area contributed by atoms with Crippen molar-refractivity contribution in [1.29, 1.82) is 0 Å². The maximum absolute atomic E-state index is 11.3. The molecule has 0 bridgehead atoms. The Morgan fingerprint density at radius 1 is 1.44 bits per heavy atom. The third-order valence-electron chi connectivity index (χ3n) is 2.50.